The maximum atomic E-state index is 2.47. The van der Waals surface area contributed by atoms with Crippen molar-refractivity contribution in [3.8, 4) is 0 Å². The Bertz CT molecular complexity index is 60.1. The first-order chi connectivity index (χ1) is 4.20. The van der Waals surface area contributed by atoms with Gasteiger partial charge in [-0.1, -0.05) is 0 Å². The van der Waals surface area contributed by atoms with Gasteiger partial charge in [0.25, 0.3) is 0 Å². The molecule has 9 heavy (non-hydrogen) atoms. The number of hydrogen-bond acceptors (Lipinski definition) is 2. The molecule has 0 bridgehead atoms. The van der Waals surface area contributed by atoms with Gasteiger partial charge in [-0.3, -0.25) is 0 Å². The van der Waals surface area contributed by atoms with Crippen molar-refractivity contribution in [2.24, 2.45) is 0 Å². The van der Waals surface area contributed by atoms with Crippen LogP contribution in [0, 0.1) is 0 Å². The molecular weight excluding hydrogens is 173 g/mol. The van der Waals surface area contributed by atoms with E-state index in [0.717, 1.165) is 0 Å². The summed E-state index contributed by atoms with van der Waals surface area (Å²) in [5.74, 6) is 0. The molecule has 0 amide bonds. The summed E-state index contributed by atoms with van der Waals surface area (Å²) in [7, 11) is 4.43. The predicted octanol–water partition coefficient (Wildman–Crippen LogP) is -0.111. The Morgan fingerprint density at radius 3 is 1.56 bits per heavy atom. The average Bonchev–Trinajstić information content (AvgIpc) is 1.87. The molecule has 0 atom stereocenters. The molecule has 2 nitrogen and oxygen atoms in total. The second-order valence-corrected chi connectivity index (χ2v) is 7.61. The molecule has 0 aliphatic carbocycles. The van der Waals surface area contributed by atoms with Gasteiger partial charge in [0.2, 0.25) is 0 Å². The van der Waals surface area contributed by atoms with Crippen LogP contribution in [0.1, 0.15) is 13.8 Å². The molecule has 0 radical (unpaired) electrons. The zero-order chi connectivity index (χ0) is 7.28. The van der Waals surface area contributed by atoms with E-state index in [1.807, 2.05) is 0 Å². The average molecular weight is 191 g/mol. The second-order valence-electron chi connectivity index (χ2n) is 2.49. The van der Waals surface area contributed by atoms with Gasteiger partial charge in [-0.25, -0.2) is 0 Å². The van der Waals surface area contributed by atoms with Crippen LogP contribution < -0.4 is 0 Å². The molecule has 0 aromatic rings. The normalized spacial score (nSPS) is 11.3. The Morgan fingerprint density at radius 1 is 1.00 bits per heavy atom. The van der Waals surface area contributed by atoms with Crippen LogP contribution >= 0.6 is 0 Å². The van der Waals surface area contributed by atoms with Crippen molar-refractivity contribution in [2.45, 2.75) is 13.8 Å². The van der Waals surface area contributed by atoms with Gasteiger partial charge >= 0.3 is 64.6 Å². The van der Waals surface area contributed by atoms with Crippen LogP contribution in [0.5, 0.6) is 0 Å². The monoisotopic (exact) mass is 192 g/mol. The molecular formula is C6H18GeN2. The van der Waals surface area contributed by atoms with Gasteiger partial charge in [0, 0.05) is 0 Å². The molecule has 0 N–H and O–H groups in total. The Kier molecular flexibility index (Phi) is 5.53. The third-order valence-corrected chi connectivity index (χ3v) is 5.47. The molecule has 0 saturated heterocycles. The quantitative estimate of drug-likeness (QED) is 0.571. The van der Waals surface area contributed by atoms with E-state index in [9.17, 15) is 0 Å². The van der Waals surface area contributed by atoms with Gasteiger partial charge in [-0.2, -0.15) is 0 Å². The number of nitrogens with zero attached hydrogens (tertiary/aromatic N) is 2. The topological polar surface area (TPSA) is 6.48 Å². The molecule has 3 heteroatoms. The first-order valence-corrected chi connectivity index (χ1v) is 6.23. The van der Waals surface area contributed by atoms with Crippen LogP contribution in [-0.4, -0.2) is 50.8 Å². The van der Waals surface area contributed by atoms with Crippen molar-refractivity contribution >= 4 is 15.9 Å². The van der Waals surface area contributed by atoms with E-state index in [2.05, 4.69) is 35.7 Å². The van der Waals surface area contributed by atoms with Crippen molar-refractivity contribution in [1.29, 1.82) is 0 Å². The van der Waals surface area contributed by atoms with Crippen LogP contribution in [0.15, 0.2) is 0 Å². The Morgan fingerprint density at radius 2 is 1.33 bits per heavy atom. The number of rotatable bonds is 4. The summed E-state index contributed by atoms with van der Waals surface area (Å²) in [5.41, 5.74) is 0. The van der Waals surface area contributed by atoms with Crippen molar-refractivity contribution < 1.29 is 0 Å². The van der Waals surface area contributed by atoms with Gasteiger partial charge in [-0.05, 0) is 0 Å². The second kappa shape index (κ2) is 5.26. The van der Waals surface area contributed by atoms with E-state index in [-0.39, 0.29) is 0 Å². The molecule has 0 fully saturated rings. The summed E-state index contributed by atoms with van der Waals surface area (Å²) in [6, 6.07) is 0. The van der Waals surface area contributed by atoms with Gasteiger partial charge in [-0.15, -0.1) is 0 Å². The van der Waals surface area contributed by atoms with Crippen LogP contribution in [0.4, 0.5) is 0 Å². The first-order valence-electron chi connectivity index (χ1n) is 3.57. The molecule has 0 heterocycles. The molecule has 0 aliphatic heterocycles. The Labute approximate surface area is 65.1 Å². The molecule has 0 saturated carbocycles. The maximum absolute atomic E-state index is 2.47. The predicted molar refractivity (Wildman–Crippen MR) is 45.2 cm³/mol. The van der Waals surface area contributed by atoms with Gasteiger partial charge < -0.3 is 0 Å². The minimum atomic E-state index is -0.476. The summed E-state index contributed by atoms with van der Waals surface area (Å²) in [5, 5.41) is 0. The molecule has 0 rings (SSSR count). The minimum absolute atomic E-state index is 0.476. The van der Waals surface area contributed by atoms with Crippen LogP contribution in [0.2, 0.25) is 0 Å². The van der Waals surface area contributed by atoms with Crippen LogP contribution in [-0.2, 0) is 0 Å². The van der Waals surface area contributed by atoms with E-state index in [1.54, 1.807) is 0 Å². The van der Waals surface area contributed by atoms with E-state index in [0.29, 0.717) is 0 Å². The summed E-state index contributed by atoms with van der Waals surface area (Å²) in [6.45, 7) is 6.86. The Balaban J connectivity index is 3.22. The number of hydrogen-bond donors (Lipinski definition) is 0. The third kappa shape index (κ3) is 4.94. The van der Waals surface area contributed by atoms with Gasteiger partial charge in [0.05, 0.1) is 0 Å². The molecule has 0 aromatic carbocycles. The first kappa shape index (κ1) is 9.46. The standard InChI is InChI=1S/C6H18GeN2/c1-5-8(3)7-9(4)6-2/h5-7H2,1-4H3. The molecule has 0 aromatic heterocycles. The molecule has 0 unspecified atom stereocenters. The van der Waals surface area contributed by atoms with Crippen molar-refractivity contribution in [3.05, 3.63) is 0 Å². The zero-order valence-electron chi connectivity index (χ0n) is 7.02. The summed E-state index contributed by atoms with van der Waals surface area (Å²) in [4.78, 5) is 0. The van der Waals surface area contributed by atoms with Gasteiger partial charge in [0.15, 0.2) is 0 Å². The molecule has 0 aliphatic rings. The fourth-order valence-corrected chi connectivity index (χ4v) is 3.18. The van der Waals surface area contributed by atoms with Crippen LogP contribution in [0.3, 0.4) is 0 Å². The van der Waals surface area contributed by atoms with Gasteiger partial charge in [0.1, 0.15) is 0 Å². The van der Waals surface area contributed by atoms with E-state index in [4.69, 9.17) is 0 Å². The van der Waals surface area contributed by atoms with E-state index in [1.165, 1.54) is 13.1 Å². The fraction of sp³-hybridized carbons (Fsp3) is 1.00. The van der Waals surface area contributed by atoms with Crippen LogP contribution in [0.25, 0.3) is 0 Å². The summed E-state index contributed by atoms with van der Waals surface area (Å²) >= 11 is -0.476. The van der Waals surface area contributed by atoms with E-state index < -0.39 is 15.9 Å². The Hall–Kier alpha value is 0.463. The summed E-state index contributed by atoms with van der Waals surface area (Å²) in [6.07, 6.45) is 0. The zero-order valence-corrected chi connectivity index (χ0v) is 9.98. The fourth-order valence-electron chi connectivity index (χ4n) is 0.612. The van der Waals surface area contributed by atoms with E-state index >= 15 is 0 Å². The molecule has 0 spiro atoms. The van der Waals surface area contributed by atoms with Crippen molar-refractivity contribution in [3.63, 3.8) is 0 Å². The summed E-state index contributed by atoms with van der Waals surface area (Å²) < 4.78 is 4.94. The van der Waals surface area contributed by atoms with Crippen molar-refractivity contribution in [2.75, 3.05) is 27.2 Å². The third-order valence-electron chi connectivity index (χ3n) is 1.56. The SMILES string of the molecule is CC[N](C)[GeH2][N](C)CC. The van der Waals surface area contributed by atoms with Crippen molar-refractivity contribution in [1.82, 2.24) is 7.71 Å². The molecule has 56 valence electrons.